The Morgan fingerprint density at radius 3 is 2.44 bits per heavy atom. The van der Waals surface area contributed by atoms with Crippen LogP contribution in [0.3, 0.4) is 0 Å². The summed E-state index contributed by atoms with van der Waals surface area (Å²) in [5, 5.41) is 3.50. The van der Waals surface area contributed by atoms with Gasteiger partial charge in [-0.15, -0.1) is 0 Å². The van der Waals surface area contributed by atoms with Crippen molar-refractivity contribution in [2.75, 3.05) is 13.7 Å². The summed E-state index contributed by atoms with van der Waals surface area (Å²) < 4.78 is 5.31. The Morgan fingerprint density at radius 1 is 1.15 bits per heavy atom. The second kappa shape index (κ2) is 8.01. The zero-order valence-corrected chi connectivity index (χ0v) is 16.3. The van der Waals surface area contributed by atoms with E-state index in [9.17, 15) is 9.59 Å². The molecule has 1 unspecified atom stereocenters. The van der Waals surface area contributed by atoms with Gasteiger partial charge in [0.25, 0.3) is 0 Å². The molecule has 1 atom stereocenters. The number of benzene rings is 2. The van der Waals surface area contributed by atoms with Crippen LogP contribution in [-0.4, -0.2) is 35.9 Å². The lowest BCUT2D eigenvalue weighted by Crippen LogP contribution is -2.67. The SMILES string of the molecule is COc1ccccc1CNC(=O)C1(C)CCN1C(=O)Cc1ccccc1Cl. The summed E-state index contributed by atoms with van der Waals surface area (Å²) in [7, 11) is 1.60. The van der Waals surface area contributed by atoms with Gasteiger partial charge in [-0.05, 0) is 31.0 Å². The number of para-hydroxylation sites is 1. The van der Waals surface area contributed by atoms with Gasteiger partial charge >= 0.3 is 0 Å². The largest absolute Gasteiger partial charge is 0.496 e. The minimum Gasteiger partial charge on any atom is -0.496 e. The van der Waals surface area contributed by atoms with Crippen molar-refractivity contribution in [3.63, 3.8) is 0 Å². The molecule has 0 radical (unpaired) electrons. The van der Waals surface area contributed by atoms with Gasteiger partial charge in [-0.1, -0.05) is 48.0 Å². The highest BCUT2D eigenvalue weighted by atomic mass is 35.5. The first kappa shape index (κ1) is 19.2. The van der Waals surface area contributed by atoms with Gasteiger partial charge < -0.3 is 15.0 Å². The summed E-state index contributed by atoms with van der Waals surface area (Å²) in [5.41, 5.74) is 0.832. The van der Waals surface area contributed by atoms with Crippen LogP contribution in [0.15, 0.2) is 48.5 Å². The number of hydrogen-bond acceptors (Lipinski definition) is 3. The van der Waals surface area contributed by atoms with Crippen LogP contribution in [0.2, 0.25) is 5.02 Å². The Labute approximate surface area is 164 Å². The van der Waals surface area contributed by atoms with Crippen molar-refractivity contribution in [2.24, 2.45) is 0 Å². The number of rotatable bonds is 6. The van der Waals surface area contributed by atoms with Crippen molar-refractivity contribution in [2.45, 2.75) is 31.8 Å². The molecular formula is C21H23ClN2O3. The predicted octanol–water partition coefficient (Wildman–Crippen LogP) is 3.20. The standard InChI is InChI=1S/C21H23ClN2O3/c1-21(20(26)23-14-16-8-4-6-10-18(16)27-2)11-12-24(21)19(25)13-15-7-3-5-9-17(15)22/h3-10H,11-14H2,1-2H3,(H,23,26). The Morgan fingerprint density at radius 2 is 1.81 bits per heavy atom. The molecule has 0 saturated carbocycles. The number of nitrogens with zero attached hydrogens (tertiary/aromatic N) is 1. The summed E-state index contributed by atoms with van der Waals surface area (Å²) in [4.78, 5) is 27.1. The number of hydrogen-bond donors (Lipinski definition) is 1. The van der Waals surface area contributed by atoms with E-state index >= 15 is 0 Å². The van der Waals surface area contributed by atoms with Gasteiger partial charge in [0.15, 0.2) is 0 Å². The molecule has 1 aliphatic rings. The molecule has 0 bridgehead atoms. The number of ether oxygens (including phenoxy) is 1. The lowest BCUT2D eigenvalue weighted by Gasteiger charge is -2.49. The van der Waals surface area contributed by atoms with Crippen molar-refractivity contribution < 1.29 is 14.3 Å². The molecule has 2 amide bonds. The Balaban J connectivity index is 1.64. The molecule has 3 rings (SSSR count). The number of nitrogens with one attached hydrogen (secondary N) is 1. The van der Waals surface area contributed by atoms with Gasteiger partial charge in [0.2, 0.25) is 11.8 Å². The fraction of sp³-hybridized carbons (Fsp3) is 0.333. The Hall–Kier alpha value is -2.53. The Bertz CT molecular complexity index is 855. The number of carbonyl (C=O) groups excluding carboxylic acids is 2. The topological polar surface area (TPSA) is 58.6 Å². The minimum absolute atomic E-state index is 0.0932. The van der Waals surface area contributed by atoms with E-state index in [0.717, 1.165) is 16.9 Å². The predicted molar refractivity (Wildman–Crippen MR) is 105 cm³/mol. The summed E-state index contributed by atoms with van der Waals surface area (Å²) in [6.45, 7) is 2.73. The molecule has 0 aromatic heterocycles. The van der Waals surface area contributed by atoms with Crippen molar-refractivity contribution in [3.8, 4) is 5.75 Å². The first-order valence-corrected chi connectivity index (χ1v) is 9.27. The molecule has 1 heterocycles. The zero-order valence-electron chi connectivity index (χ0n) is 15.5. The van der Waals surface area contributed by atoms with Crippen LogP contribution in [0.4, 0.5) is 0 Å². The zero-order chi connectivity index (χ0) is 19.4. The van der Waals surface area contributed by atoms with Gasteiger partial charge in [0, 0.05) is 23.7 Å². The molecule has 1 saturated heterocycles. The second-order valence-electron chi connectivity index (χ2n) is 6.83. The van der Waals surface area contributed by atoms with Crippen molar-refractivity contribution in [3.05, 3.63) is 64.7 Å². The second-order valence-corrected chi connectivity index (χ2v) is 7.24. The summed E-state index contributed by atoms with van der Waals surface area (Å²) in [6.07, 6.45) is 0.827. The smallest absolute Gasteiger partial charge is 0.246 e. The summed E-state index contributed by atoms with van der Waals surface area (Å²) >= 11 is 6.15. The van der Waals surface area contributed by atoms with E-state index in [2.05, 4.69) is 5.32 Å². The maximum Gasteiger partial charge on any atom is 0.246 e. The van der Waals surface area contributed by atoms with Gasteiger partial charge in [-0.3, -0.25) is 9.59 Å². The number of likely N-dealkylation sites (tertiary alicyclic amines) is 1. The third-order valence-corrected chi connectivity index (χ3v) is 5.51. The monoisotopic (exact) mass is 386 g/mol. The van der Waals surface area contributed by atoms with E-state index in [1.54, 1.807) is 25.0 Å². The van der Waals surface area contributed by atoms with E-state index in [0.29, 0.717) is 24.5 Å². The fourth-order valence-corrected chi connectivity index (χ4v) is 3.51. The lowest BCUT2D eigenvalue weighted by molar-refractivity contribution is -0.157. The van der Waals surface area contributed by atoms with E-state index < -0.39 is 5.54 Å². The molecule has 6 heteroatoms. The highest BCUT2D eigenvalue weighted by Gasteiger charge is 2.49. The molecule has 27 heavy (non-hydrogen) atoms. The average molecular weight is 387 g/mol. The molecule has 1 fully saturated rings. The minimum atomic E-state index is -0.833. The summed E-state index contributed by atoms with van der Waals surface area (Å²) in [5.74, 6) is 0.472. The molecule has 142 valence electrons. The third kappa shape index (κ3) is 3.93. The molecule has 1 N–H and O–H groups in total. The van der Waals surface area contributed by atoms with E-state index in [1.807, 2.05) is 42.5 Å². The molecule has 0 spiro atoms. The first-order valence-electron chi connectivity index (χ1n) is 8.90. The van der Waals surface area contributed by atoms with Gasteiger partial charge in [0.05, 0.1) is 13.5 Å². The molecular weight excluding hydrogens is 364 g/mol. The van der Waals surface area contributed by atoms with Crippen LogP contribution in [0.25, 0.3) is 0 Å². The maximum absolute atomic E-state index is 12.8. The molecule has 0 aliphatic carbocycles. The van der Waals surface area contributed by atoms with Crippen LogP contribution in [0.5, 0.6) is 5.75 Å². The molecule has 5 nitrogen and oxygen atoms in total. The first-order chi connectivity index (χ1) is 13.0. The van der Waals surface area contributed by atoms with Gasteiger partial charge in [-0.2, -0.15) is 0 Å². The quantitative estimate of drug-likeness (QED) is 0.829. The van der Waals surface area contributed by atoms with Crippen molar-refractivity contribution in [1.29, 1.82) is 0 Å². The van der Waals surface area contributed by atoms with E-state index in [-0.39, 0.29) is 18.2 Å². The normalized spacial score (nSPS) is 18.6. The van der Waals surface area contributed by atoms with Gasteiger partial charge in [-0.25, -0.2) is 0 Å². The van der Waals surface area contributed by atoms with Crippen LogP contribution < -0.4 is 10.1 Å². The average Bonchev–Trinajstić information content (AvgIpc) is 2.66. The lowest BCUT2D eigenvalue weighted by atomic mass is 9.84. The number of methoxy groups -OCH3 is 1. The molecule has 2 aromatic carbocycles. The van der Waals surface area contributed by atoms with Gasteiger partial charge in [0.1, 0.15) is 11.3 Å². The van der Waals surface area contributed by atoms with Crippen LogP contribution in [0, 0.1) is 0 Å². The van der Waals surface area contributed by atoms with E-state index in [1.165, 1.54) is 0 Å². The Kier molecular flexibility index (Phi) is 5.71. The molecule has 2 aromatic rings. The maximum atomic E-state index is 12.8. The fourth-order valence-electron chi connectivity index (χ4n) is 3.31. The molecule has 1 aliphatic heterocycles. The summed E-state index contributed by atoms with van der Waals surface area (Å²) in [6, 6.07) is 14.8. The highest BCUT2D eigenvalue weighted by Crippen LogP contribution is 2.32. The van der Waals surface area contributed by atoms with Crippen LogP contribution >= 0.6 is 11.6 Å². The van der Waals surface area contributed by atoms with Crippen LogP contribution in [-0.2, 0) is 22.6 Å². The third-order valence-electron chi connectivity index (χ3n) is 5.14. The van der Waals surface area contributed by atoms with Crippen molar-refractivity contribution >= 4 is 23.4 Å². The van der Waals surface area contributed by atoms with Crippen LogP contribution in [0.1, 0.15) is 24.5 Å². The highest BCUT2D eigenvalue weighted by molar-refractivity contribution is 6.31. The van der Waals surface area contributed by atoms with Crippen molar-refractivity contribution in [1.82, 2.24) is 10.2 Å². The van der Waals surface area contributed by atoms with E-state index in [4.69, 9.17) is 16.3 Å². The number of halogens is 1. The number of amides is 2. The number of carbonyl (C=O) groups is 2.